The first kappa shape index (κ1) is 18.7. The number of anilines is 4. The van der Waals surface area contributed by atoms with Gasteiger partial charge in [-0.1, -0.05) is 12.1 Å². The average Bonchev–Trinajstić information content (AvgIpc) is 3.00. The van der Waals surface area contributed by atoms with Gasteiger partial charge in [-0.25, -0.2) is 0 Å². The normalized spacial score (nSPS) is 13.3. The monoisotopic (exact) mass is 410 g/mol. The first-order valence-corrected chi connectivity index (χ1v) is 9.84. The van der Waals surface area contributed by atoms with Gasteiger partial charge in [-0.05, 0) is 83.9 Å². The Kier molecular flexibility index (Phi) is 4.15. The summed E-state index contributed by atoms with van der Waals surface area (Å²) in [6.07, 6.45) is 0. The van der Waals surface area contributed by atoms with Crippen LogP contribution in [0.1, 0.15) is 11.1 Å². The van der Waals surface area contributed by atoms with Gasteiger partial charge in [0.25, 0.3) is 0 Å². The van der Waals surface area contributed by atoms with Gasteiger partial charge in [0, 0.05) is 22.7 Å². The SMILES string of the molecule is Nc1ccc(OC2(Oc3ccc(N)cc3)c3cc(N)ccc3-c3ccc(N)cc32)cc1. The molecule has 0 atom stereocenters. The average molecular weight is 410 g/mol. The summed E-state index contributed by atoms with van der Waals surface area (Å²) < 4.78 is 13.2. The minimum atomic E-state index is -1.30. The molecule has 0 saturated heterocycles. The molecule has 0 bridgehead atoms. The van der Waals surface area contributed by atoms with Crippen LogP contribution >= 0.6 is 0 Å². The van der Waals surface area contributed by atoms with E-state index in [9.17, 15) is 0 Å². The van der Waals surface area contributed by atoms with Crippen molar-refractivity contribution in [1.82, 2.24) is 0 Å². The smallest absolute Gasteiger partial charge is 0.306 e. The highest BCUT2D eigenvalue weighted by atomic mass is 16.7. The summed E-state index contributed by atoms with van der Waals surface area (Å²) in [5.41, 5.74) is 30.1. The molecule has 0 heterocycles. The van der Waals surface area contributed by atoms with E-state index in [1.807, 2.05) is 36.4 Å². The molecule has 0 spiro atoms. The maximum atomic E-state index is 6.59. The van der Waals surface area contributed by atoms with Gasteiger partial charge in [0.2, 0.25) is 0 Å². The van der Waals surface area contributed by atoms with Gasteiger partial charge >= 0.3 is 5.79 Å². The molecule has 1 aliphatic carbocycles. The number of ether oxygens (including phenoxy) is 2. The minimum Gasteiger partial charge on any atom is -0.444 e. The maximum Gasteiger partial charge on any atom is 0.306 e. The first-order chi connectivity index (χ1) is 14.9. The second kappa shape index (κ2) is 6.88. The van der Waals surface area contributed by atoms with Crippen LogP contribution in [0.5, 0.6) is 11.5 Å². The molecule has 1 aliphatic rings. The lowest BCUT2D eigenvalue weighted by molar-refractivity contribution is -0.0805. The van der Waals surface area contributed by atoms with Crippen LogP contribution in [0.4, 0.5) is 22.7 Å². The van der Waals surface area contributed by atoms with Gasteiger partial charge in [-0.3, -0.25) is 0 Å². The summed E-state index contributed by atoms with van der Waals surface area (Å²) in [5.74, 6) is -0.122. The van der Waals surface area contributed by atoms with Crippen LogP contribution in [-0.2, 0) is 5.79 Å². The topological polar surface area (TPSA) is 123 Å². The minimum absolute atomic E-state index is 0.591. The summed E-state index contributed by atoms with van der Waals surface area (Å²) in [7, 11) is 0. The van der Waals surface area contributed by atoms with Crippen molar-refractivity contribution >= 4 is 22.7 Å². The van der Waals surface area contributed by atoms with E-state index in [0.29, 0.717) is 34.2 Å². The Morgan fingerprint density at radius 3 is 1.19 bits per heavy atom. The summed E-state index contributed by atoms with van der Waals surface area (Å²) in [4.78, 5) is 0. The van der Waals surface area contributed by atoms with E-state index in [2.05, 4.69) is 0 Å². The van der Waals surface area contributed by atoms with E-state index in [-0.39, 0.29) is 0 Å². The van der Waals surface area contributed by atoms with Gasteiger partial charge in [0.15, 0.2) is 0 Å². The Morgan fingerprint density at radius 2 is 0.806 bits per heavy atom. The summed E-state index contributed by atoms with van der Waals surface area (Å²) in [5, 5.41) is 0. The van der Waals surface area contributed by atoms with Crippen LogP contribution in [0, 0.1) is 0 Å². The lowest BCUT2D eigenvalue weighted by Crippen LogP contribution is -2.39. The molecule has 154 valence electrons. The predicted octanol–water partition coefficient (Wildman–Crippen LogP) is 4.35. The molecule has 5 rings (SSSR count). The maximum absolute atomic E-state index is 6.59. The molecule has 0 amide bonds. The standard InChI is InChI=1S/C25H22N4O2/c26-15-1-7-19(8-2-15)30-25(31-20-9-3-16(27)4-10-20)23-13-17(28)5-11-21(23)22-12-6-18(29)14-24(22)25/h1-14H,26-29H2. The molecule has 0 saturated carbocycles. The zero-order valence-electron chi connectivity index (χ0n) is 16.7. The van der Waals surface area contributed by atoms with Crippen LogP contribution in [0.2, 0.25) is 0 Å². The highest BCUT2D eigenvalue weighted by Crippen LogP contribution is 2.51. The number of fused-ring (bicyclic) bond motifs is 3. The van der Waals surface area contributed by atoms with Gasteiger partial charge in [-0.2, -0.15) is 0 Å². The fraction of sp³-hybridized carbons (Fsp3) is 0.0400. The first-order valence-electron chi connectivity index (χ1n) is 9.84. The Hall–Kier alpha value is -4.32. The molecule has 0 fully saturated rings. The highest BCUT2D eigenvalue weighted by Gasteiger charge is 2.49. The van der Waals surface area contributed by atoms with Crippen molar-refractivity contribution in [2.24, 2.45) is 0 Å². The Bertz CT molecular complexity index is 1170. The summed E-state index contributed by atoms with van der Waals surface area (Å²) in [6.45, 7) is 0. The quantitative estimate of drug-likeness (QED) is 0.293. The molecule has 0 radical (unpaired) electrons. The molecule has 6 nitrogen and oxygen atoms in total. The lowest BCUT2D eigenvalue weighted by atomic mass is 10.0. The van der Waals surface area contributed by atoms with E-state index in [1.165, 1.54) is 0 Å². The number of nitrogen functional groups attached to an aromatic ring is 4. The van der Waals surface area contributed by atoms with Gasteiger partial charge in [-0.15, -0.1) is 0 Å². The van der Waals surface area contributed by atoms with E-state index in [1.54, 1.807) is 48.5 Å². The van der Waals surface area contributed by atoms with Crippen LogP contribution in [0.3, 0.4) is 0 Å². The molecule has 0 aromatic heterocycles. The summed E-state index contributed by atoms with van der Waals surface area (Å²) >= 11 is 0. The Labute approximate surface area is 180 Å². The van der Waals surface area contributed by atoms with Gasteiger partial charge < -0.3 is 32.4 Å². The molecule has 6 heteroatoms. The van der Waals surface area contributed by atoms with E-state index in [0.717, 1.165) is 22.3 Å². The largest absolute Gasteiger partial charge is 0.444 e. The summed E-state index contributed by atoms with van der Waals surface area (Å²) in [6, 6.07) is 25.8. The third-order valence-electron chi connectivity index (χ3n) is 5.37. The molecule has 4 aromatic rings. The number of hydrogen-bond acceptors (Lipinski definition) is 6. The third-order valence-corrected chi connectivity index (χ3v) is 5.37. The van der Waals surface area contributed by atoms with Crippen LogP contribution < -0.4 is 32.4 Å². The van der Waals surface area contributed by atoms with Crippen LogP contribution in [-0.4, -0.2) is 0 Å². The van der Waals surface area contributed by atoms with Gasteiger partial charge in [0.1, 0.15) is 11.5 Å². The second-order valence-corrected chi connectivity index (χ2v) is 7.57. The van der Waals surface area contributed by atoms with Crippen LogP contribution in [0.15, 0.2) is 84.9 Å². The molecule has 0 unspecified atom stereocenters. The zero-order valence-corrected chi connectivity index (χ0v) is 16.7. The fourth-order valence-corrected chi connectivity index (χ4v) is 3.93. The van der Waals surface area contributed by atoms with Crippen molar-refractivity contribution in [3.63, 3.8) is 0 Å². The van der Waals surface area contributed by atoms with Gasteiger partial charge in [0.05, 0.1) is 11.1 Å². The predicted molar refractivity (Wildman–Crippen MR) is 124 cm³/mol. The zero-order chi connectivity index (χ0) is 21.6. The molecule has 31 heavy (non-hydrogen) atoms. The van der Waals surface area contributed by atoms with Crippen molar-refractivity contribution in [2.75, 3.05) is 22.9 Å². The lowest BCUT2D eigenvalue weighted by Gasteiger charge is -2.33. The van der Waals surface area contributed by atoms with Crippen molar-refractivity contribution in [3.05, 3.63) is 96.1 Å². The molecule has 0 aliphatic heterocycles. The van der Waals surface area contributed by atoms with Crippen molar-refractivity contribution < 1.29 is 9.47 Å². The molecule has 4 aromatic carbocycles. The van der Waals surface area contributed by atoms with Crippen molar-refractivity contribution in [1.29, 1.82) is 0 Å². The van der Waals surface area contributed by atoms with E-state index in [4.69, 9.17) is 32.4 Å². The number of hydrogen-bond donors (Lipinski definition) is 4. The number of nitrogens with two attached hydrogens (primary N) is 4. The molecule has 8 N–H and O–H groups in total. The van der Waals surface area contributed by atoms with Crippen LogP contribution in [0.25, 0.3) is 11.1 Å². The van der Waals surface area contributed by atoms with E-state index >= 15 is 0 Å². The second-order valence-electron chi connectivity index (χ2n) is 7.57. The fourth-order valence-electron chi connectivity index (χ4n) is 3.93. The van der Waals surface area contributed by atoms with Crippen molar-refractivity contribution in [3.8, 4) is 22.6 Å². The third kappa shape index (κ3) is 3.14. The van der Waals surface area contributed by atoms with E-state index < -0.39 is 5.79 Å². The Morgan fingerprint density at radius 1 is 0.452 bits per heavy atom. The van der Waals surface area contributed by atoms with Crippen molar-refractivity contribution in [2.45, 2.75) is 5.79 Å². The molecular formula is C25H22N4O2. The Balaban J connectivity index is 1.76. The number of benzene rings is 4. The number of rotatable bonds is 4. The highest BCUT2D eigenvalue weighted by molar-refractivity contribution is 5.83. The molecular weight excluding hydrogens is 388 g/mol.